The number of aromatic nitrogens is 2. The first-order valence-corrected chi connectivity index (χ1v) is 6.93. The molecule has 1 heterocycles. The van der Waals surface area contributed by atoms with Crippen molar-refractivity contribution in [2.75, 3.05) is 5.32 Å². The van der Waals surface area contributed by atoms with Crippen LogP contribution < -0.4 is 10.5 Å². The van der Waals surface area contributed by atoms with Gasteiger partial charge in [0.1, 0.15) is 11.5 Å². The quantitative estimate of drug-likeness (QED) is 0.858. The minimum atomic E-state index is -4.06. The molecule has 0 atom stereocenters. The number of imidazole rings is 1. The molecule has 0 aliphatic rings. The maximum atomic E-state index is 13.3. The third kappa shape index (κ3) is 3.19. The number of nitrogens with zero attached hydrogens (tertiary/aromatic N) is 2. The Kier molecular flexibility index (Phi) is 3.55. The van der Waals surface area contributed by atoms with E-state index in [1.54, 1.807) is 11.6 Å². The summed E-state index contributed by atoms with van der Waals surface area (Å²) in [5.74, 6) is -1.41. The Balaban J connectivity index is 2.30. The molecule has 9 heteroatoms. The minimum Gasteiger partial charge on any atom is -0.340 e. The second-order valence-corrected chi connectivity index (χ2v) is 5.66. The summed E-state index contributed by atoms with van der Waals surface area (Å²) in [7, 11) is -2.37. The van der Waals surface area contributed by atoms with Crippen LogP contribution in [0.3, 0.4) is 0 Å². The molecule has 20 heavy (non-hydrogen) atoms. The number of hydrogen-bond donors (Lipinski definition) is 2. The van der Waals surface area contributed by atoms with Gasteiger partial charge in [0.2, 0.25) is 10.0 Å². The topological polar surface area (TPSA) is 107 Å². The highest BCUT2D eigenvalue weighted by atomic mass is 32.2. The van der Waals surface area contributed by atoms with Crippen LogP contribution in [0.2, 0.25) is 0 Å². The monoisotopic (exact) mass is 298 g/mol. The highest BCUT2D eigenvalue weighted by Gasteiger charge is 2.14. The molecule has 0 spiro atoms. The molecule has 0 radical (unpaired) electrons. The van der Waals surface area contributed by atoms with Crippen LogP contribution in [-0.2, 0) is 17.1 Å². The molecular formula is C11H11FN4O3S. The summed E-state index contributed by atoms with van der Waals surface area (Å²) in [4.78, 5) is 15.2. The SMILES string of the molecule is Cn1cnc(C(=O)Nc2cc(F)cc(S(N)(=O)=O)c2)c1. The first-order valence-electron chi connectivity index (χ1n) is 5.38. The van der Waals surface area contributed by atoms with E-state index in [0.29, 0.717) is 0 Å². The number of halogens is 1. The Morgan fingerprint density at radius 2 is 2.10 bits per heavy atom. The third-order valence-corrected chi connectivity index (χ3v) is 3.29. The maximum Gasteiger partial charge on any atom is 0.275 e. The van der Waals surface area contributed by atoms with Crippen LogP contribution in [0.15, 0.2) is 35.6 Å². The lowest BCUT2D eigenvalue weighted by molar-refractivity contribution is 0.102. The van der Waals surface area contributed by atoms with E-state index >= 15 is 0 Å². The largest absolute Gasteiger partial charge is 0.340 e. The van der Waals surface area contributed by atoms with Crippen molar-refractivity contribution >= 4 is 21.6 Å². The standard InChI is InChI=1S/C11H11FN4O3S/c1-16-5-10(14-6-16)11(17)15-8-2-7(12)3-9(4-8)20(13,18)19/h2-6H,1H3,(H,15,17)(H2,13,18,19). The number of rotatable bonds is 3. The van der Waals surface area contributed by atoms with E-state index in [4.69, 9.17) is 5.14 Å². The van der Waals surface area contributed by atoms with E-state index in [2.05, 4.69) is 10.3 Å². The van der Waals surface area contributed by atoms with Crippen LogP contribution in [-0.4, -0.2) is 23.9 Å². The molecule has 2 aromatic rings. The Hall–Kier alpha value is -2.26. The van der Waals surface area contributed by atoms with E-state index in [0.717, 1.165) is 18.2 Å². The van der Waals surface area contributed by atoms with Gasteiger partial charge in [-0.3, -0.25) is 4.79 Å². The van der Waals surface area contributed by atoms with Crippen molar-refractivity contribution in [2.24, 2.45) is 12.2 Å². The van der Waals surface area contributed by atoms with Crippen LogP contribution in [0.4, 0.5) is 10.1 Å². The van der Waals surface area contributed by atoms with E-state index < -0.39 is 26.6 Å². The average molecular weight is 298 g/mol. The molecule has 0 aliphatic carbocycles. The molecule has 0 saturated carbocycles. The highest BCUT2D eigenvalue weighted by molar-refractivity contribution is 7.89. The Morgan fingerprint density at radius 3 is 2.65 bits per heavy atom. The van der Waals surface area contributed by atoms with Gasteiger partial charge in [0, 0.05) is 18.9 Å². The normalized spacial score (nSPS) is 11.3. The molecule has 1 amide bonds. The van der Waals surface area contributed by atoms with Crippen molar-refractivity contribution in [3.8, 4) is 0 Å². The summed E-state index contributed by atoms with van der Waals surface area (Å²) in [5, 5.41) is 7.27. The molecular weight excluding hydrogens is 287 g/mol. The van der Waals surface area contributed by atoms with Gasteiger partial charge < -0.3 is 9.88 Å². The lowest BCUT2D eigenvalue weighted by Crippen LogP contribution is -2.15. The van der Waals surface area contributed by atoms with Gasteiger partial charge in [-0.2, -0.15) is 0 Å². The molecule has 0 aliphatic heterocycles. The van der Waals surface area contributed by atoms with Gasteiger partial charge in [-0.05, 0) is 18.2 Å². The molecule has 1 aromatic heterocycles. The summed E-state index contributed by atoms with van der Waals surface area (Å²) in [6.07, 6.45) is 2.89. The number of benzene rings is 1. The van der Waals surface area contributed by atoms with Crippen molar-refractivity contribution < 1.29 is 17.6 Å². The predicted molar refractivity (Wildman–Crippen MR) is 68.9 cm³/mol. The lowest BCUT2D eigenvalue weighted by Gasteiger charge is -2.06. The summed E-state index contributed by atoms with van der Waals surface area (Å²) in [6.45, 7) is 0. The number of primary sulfonamides is 1. The van der Waals surface area contributed by atoms with Crippen LogP contribution in [0, 0.1) is 5.82 Å². The van der Waals surface area contributed by atoms with Crippen LogP contribution >= 0.6 is 0 Å². The zero-order valence-corrected chi connectivity index (χ0v) is 11.2. The molecule has 1 aromatic carbocycles. The Bertz CT molecular complexity index is 770. The highest BCUT2D eigenvalue weighted by Crippen LogP contribution is 2.17. The molecule has 2 rings (SSSR count). The van der Waals surface area contributed by atoms with Gasteiger partial charge in [-0.1, -0.05) is 0 Å². The van der Waals surface area contributed by atoms with E-state index in [-0.39, 0.29) is 11.4 Å². The summed E-state index contributed by atoms with van der Waals surface area (Å²) < 4.78 is 37.2. The fourth-order valence-electron chi connectivity index (χ4n) is 1.52. The molecule has 0 saturated heterocycles. The van der Waals surface area contributed by atoms with E-state index in [1.165, 1.54) is 12.5 Å². The van der Waals surface area contributed by atoms with Gasteiger partial charge in [-0.15, -0.1) is 0 Å². The number of nitrogens with one attached hydrogen (secondary N) is 1. The number of aryl methyl sites for hydroxylation is 1. The summed E-state index contributed by atoms with van der Waals surface area (Å²) >= 11 is 0. The minimum absolute atomic E-state index is 0.0234. The van der Waals surface area contributed by atoms with Crippen molar-refractivity contribution in [2.45, 2.75) is 4.90 Å². The van der Waals surface area contributed by atoms with Crippen molar-refractivity contribution in [3.63, 3.8) is 0 Å². The van der Waals surface area contributed by atoms with Crippen molar-refractivity contribution in [1.29, 1.82) is 0 Å². The number of carbonyl (C=O) groups is 1. The van der Waals surface area contributed by atoms with Gasteiger partial charge in [0.15, 0.2) is 0 Å². The fourth-order valence-corrected chi connectivity index (χ4v) is 2.09. The number of hydrogen-bond acceptors (Lipinski definition) is 4. The smallest absolute Gasteiger partial charge is 0.275 e. The maximum absolute atomic E-state index is 13.3. The second-order valence-electron chi connectivity index (χ2n) is 4.10. The molecule has 0 bridgehead atoms. The average Bonchev–Trinajstić information content (AvgIpc) is 2.74. The first kappa shape index (κ1) is 14.2. The van der Waals surface area contributed by atoms with Gasteiger partial charge in [-0.25, -0.2) is 22.9 Å². The first-order chi connectivity index (χ1) is 9.25. The summed E-state index contributed by atoms with van der Waals surface area (Å²) in [6, 6.07) is 2.82. The summed E-state index contributed by atoms with van der Waals surface area (Å²) in [5.41, 5.74) is 0.0959. The van der Waals surface area contributed by atoms with Crippen LogP contribution in [0.25, 0.3) is 0 Å². The number of sulfonamides is 1. The fraction of sp³-hybridized carbons (Fsp3) is 0.0909. The third-order valence-electron chi connectivity index (χ3n) is 2.40. The Morgan fingerprint density at radius 1 is 1.40 bits per heavy atom. The van der Waals surface area contributed by atoms with Gasteiger partial charge >= 0.3 is 0 Å². The molecule has 3 N–H and O–H groups in total. The lowest BCUT2D eigenvalue weighted by atomic mass is 10.3. The molecule has 7 nitrogen and oxygen atoms in total. The van der Waals surface area contributed by atoms with Gasteiger partial charge in [0.05, 0.1) is 11.2 Å². The van der Waals surface area contributed by atoms with Crippen LogP contribution in [0.5, 0.6) is 0 Å². The number of carbonyl (C=O) groups excluding carboxylic acids is 1. The van der Waals surface area contributed by atoms with Crippen molar-refractivity contribution in [3.05, 3.63) is 42.2 Å². The Labute approximate surface area is 114 Å². The second kappa shape index (κ2) is 5.02. The predicted octanol–water partition coefficient (Wildman–Crippen LogP) is 0.459. The van der Waals surface area contributed by atoms with Gasteiger partial charge in [0.25, 0.3) is 5.91 Å². The van der Waals surface area contributed by atoms with Crippen molar-refractivity contribution in [1.82, 2.24) is 9.55 Å². The van der Waals surface area contributed by atoms with E-state index in [1.807, 2.05) is 0 Å². The van der Waals surface area contributed by atoms with Crippen LogP contribution in [0.1, 0.15) is 10.5 Å². The number of anilines is 1. The zero-order valence-electron chi connectivity index (χ0n) is 10.4. The molecule has 0 fully saturated rings. The zero-order chi connectivity index (χ0) is 14.9. The molecule has 106 valence electrons. The number of amides is 1. The van der Waals surface area contributed by atoms with E-state index in [9.17, 15) is 17.6 Å². The molecule has 0 unspecified atom stereocenters. The number of nitrogens with two attached hydrogens (primary N) is 1.